The first kappa shape index (κ1) is 26.8. The second-order valence-corrected chi connectivity index (χ2v) is 12.4. The number of hydrogen-bond donors (Lipinski definition) is 0. The molecule has 0 fully saturated rings. The molecule has 0 aliphatic carbocycles. The van der Waals surface area contributed by atoms with E-state index < -0.39 is 25.7 Å². The van der Waals surface area contributed by atoms with E-state index in [-0.39, 0.29) is 45.5 Å². The summed E-state index contributed by atoms with van der Waals surface area (Å²) in [6.07, 6.45) is 1.36. The van der Waals surface area contributed by atoms with Gasteiger partial charge in [0.2, 0.25) is 5.88 Å². The Kier molecular flexibility index (Phi) is 7.19. The van der Waals surface area contributed by atoms with Gasteiger partial charge in [-0.2, -0.15) is 13.5 Å². The van der Waals surface area contributed by atoms with E-state index in [0.717, 1.165) is 0 Å². The zero-order valence-electron chi connectivity index (χ0n) is 20.5. The SMILES string of the molecule is CCn1ncc(C(=O)c2cc(C)c3c(c2C)C(=NOC)CCS3(=O)=O)c1OS(=O)(=O)c1ccc(Cl)cc1. The highest BCUT2D eigenvalue weighted by molar-refractivity contribution is 7.91. The zero-order chi connectivity index (χ0) is 27.1. The summed E-state index contributed by atoms with van der Waals surface area (Å²) in [5.74, 6) is -0.959. The number of halogens is 1. The molecular formula is C24H24ClN3O7S2. The van der Waals surface area contributed by atoms with Crippen molar-refractivity contribution in [3.05, 3.63) is 69.4 Å². The van der Waals surface area contributed by atoms with E-state index in [1.165, 1.54) is 48.3 Å². The highest BCUT2D eigenvalue weighted by Gasteiger charge is 2.35. The van der Waals surface area contributed by atoms with Gasteiger partial charge >= 0.3 is 10.1 Å². The number of oxime groups is 1. The van der Waals surface area contributed by atoms with Crippen LogP contribution >= 0.6 is 11.6 Å². The highest BCUT2D eigenvalue weighted by atomic mass is 35.5. The molecule has 196 valence electrons. The Balaban J connectivity index is 1.86. The van der Waals surface area contributed by atoms with Crippen LogP contribution in [0.2, 0.25) is 5.02 Å². The average Bonchev–Trinajstić information content (AvgIpc) is 3.24. The minimum Gasteiger partial charge on any atom is -0.399 e. The Morgan fingerprint density at radius 1 is 1.19 bits per heavy atom. The molecule has 3 aromatic rings. The molecule has 0 saturated heterocycles. The molecular weight excluding hydrogens is 542 g/mol. The maximum atomic E-state index is 13.8. The Labute approximate surface area is 219 Å². The predicted molar refractivity (Wildman–Crippen MR) is 137 cm³/mol. The van der Waals surface area contributed by atoms with Crippen LogP contribution in [0, 0.1) is 13.8 Å². The van der Waals surface area contributed by atoms with Gasteiger partial charge in [-0.3, -0.25) is 4.79 Å². The van der Waals surface area contributed by atoms with Crippen LogP contribution in [0.25, 0.3) is 0 Å². The van der Waals surface area contributed by atoms with Crippen LogP contribution in [-0.4, -0.2) is 51.0 Å². The fourth-order valence-corrected chi connectivity index (χ4v) is 7.15. The largest absolute Gasteiger partial charge is 0.399 e. The van der Waals surface area contributed by atoms with Crippen molar-refractivity contribution < 1.29 is 30.7 Å². The van der Waals surface area contributed by atoms with Gasteiger partial charge in [-0.05, 0) is 62.2 Å². The second kappa shape index (κ2) is 9.92. The summed E-state index contributed by atoms with van der Waals surface area (Å²) in [5.41, 5.74) is 1.54. The average molecular weight is 566 g/mol. The van der Waals surface area contributed by atoms with Crippen molar-refractivity contribution in [3.8, 4) is 5.88 Å². The number of carbonyl (C=O) groups is 1. The van der Waals surface area contributed by atoms with Crippen LogP contribution in [-0.2, 0) is 31.3 Å². The molecule has 37 heavy (non-hydrogen) atoms. The molecule has 2 aromatic carbocycles. The molecule has 0 spiro atoms. The third-order valence-electron chi connectivity index (χ3n) is 6.00. The Hall–Kier alpha value is -3.22. The number of sulfone groups is 1. The fourth-order valence-electron chi connectivity index (χ4n) is 4.28. The summed E-state index contributed by atoms with van der Waals surface area (Å²) < 4.78 is 58.3. The monoisotopic (exact) mass is 565 g/mol. The molecule has 0 bridgehead atoms. The van der Waals surface area contributed by atoms with Crippen molar-refractivity contribution in [2.24, 2.45) is 5.16 Å². The number of nitrogens with zero attached hydrogens (tertiary/aromatic N) is 3. The van der Waals surface area contributed by atoms with E-state index >= 15 is 0 Å². The van der Waals surface area contributed by atoms with Crippen LogP contribution in [0.4, 0.5) is 0 Å². The van der Waals surface area contributed by atoms with E-state index in [0.29, 0.717) is 27.4 Å². The summed E-state index contributed by atoms with van der Waals surface area (Å²) in [6, 6.07) is 6.88. The van der Waals surface area contributed by atoms with Crippen molar-refractivity contribution in [1.82, 2.24) is 9.78 Å². The fraction of sp³-hybridized carbons (Fsp3) is 0.292. The van der Waals surface area contributed by atoms with Crippen LogP contribution in [0.15, 0.2) is 51.5 Å². The van der Waals surface area contributed by atoms with Gasteiger partial charge < -0.3 is 9.02 Å². The molecule has 10 nitrogen and oxygen atoms in total. The molecule has 0 radical (unpaired) electrons. The second-order valence-electron chi connectivity index (χ2n) is 8.36. The maximum Gasteiger partial charge on any atom is 0.340 e. The van der Waals surface area contributed by atoms with Gasteiger partial charge in [0.05, 0.1) is 22.6 Å². The molecule has 1 aliphatic heterocycles. The first-order valence-corrected chi connectivity index (χ1v) is 14.6. The number of rotatable bonds is 7. The van der Waals surface area contributed by atoms with E-state index in [2.05, 4.69) is 10.3 Å². The maximum absolute atomic E-state index is 13.8. The van der Waals surface area contributed by atoms with Crippen LogP contribution < -0.4 is 4.18 Å². The van der Waals surface area contributed by atoms with Gasteiger partial charge in [0.25, 0.3) is 0 Å². The molecule has 1 aliphatic rings. The molecule has 0 N–H and O–H groups in total. The lowest BCUT2D eigenvalue weighted by atomic mass is 9.91. The molecule has 0 atom stereocenters. The third-order valence-corrected chi connectivity index (χ3v) is 9.37. The van der Waals surface area contributed by atoms with Crippen LogP contribution in [0.3, 0.4) is 0 Å². The third kappa shape index (κ3) is 4.88. The van der Waals surface area contributed by atoms with Gasteiger partial charge in [0.1, 0.15) is 17.6 Å². The number of fused-ring (bicyclic) bond motifs is 1. The highest BCUT2D eigenvalue weighted by Crippen LogP contribution is 2.35. The topological polar surface area (TPSA) is 134 Å². The molecule has 1 aromatic heterocycles. The van der Waals surface area contributed by atoms with Crippen molar-refractivity contribution in [3.63, 3.8) is 0 Å². The lowest BCUT2D eigenvalue weighted by Gasteiger charge is -2.23. The van der Waals surface area contributed by atoms with Gasteiger partial charge in [-0.25, -0.2) is 13.1 Å². The molecule has 0 unspecified atom stereocenters. The minimum absolute atomic E-state index is 0.0919. The van der Waals surface area contributed by atoms with Crippen molar-refractivity contribution in [2.45, 2.75) is 43.5 Å². The Morgan fingerprint density at radius 3 is 2.49 bits per heavy atom. The molecule has 0 amide bonds. The van der Waals surface area contributed by atoms with Gasteiger partial charge in [0, 0.05) is 29.1 Å². The standard InChI is InChI=1S/C24H24ClN3O7S2/c1-5-28-24(35-37(32,33)17-8-6-16(25)7-9-17)19(13-26-28)22(29)18-12-14(2)23-21(15(18)3)20(27-34-4)10-11-36(23,30)31/h6-9,12-13H,5,10-11H2,1-4H3. The quantitative estimate of drug-likeness (QED) is 0.240. The zero-order valence-corrected chi connectivity index (χ0v) is 22.9. The number of hydrogen-bond acceptors (Lipinski definition) is 9. The summed E-state index contributed by atoms with van der Waals surface area (Å²) >= 11 is 5.86. The van der Waals surface area contributed by atoms with Crippen LogP contribution in [0.5, 0.6) is 5.88 Å². The molecule has 13 heteroatoms. The summed E-state index contributed by atoms with van der Waals surface area (Å²) in [5, 5.41) is 8.48. The molecule has 2 heterocycles. The summed E-state index contributed by atoms with van der Waals surface area (Å²) in [6.45, 7) is 5.16. The number of aryl methyl sites for hydroxylation is 2. The number of aromatic nitrogens is 2. The minimum atomic E-state index is -4.32. The van der Waals surface area contributed by atoms with Crippen molar-refractivity contribution in [1.29, 1.82) is 0 Å². The summed E-state index contributed by atoms with van der Waals surface area (Å²) in [7, 11) is -6.56. The van der Waals surface area contributed by atoms with E-state index in [4.69, 9.17) is 20.6 Å². The van der Waals surface area contributed by atoms with Gasteiger partial charge in [-0.1, -0.05) is 16.8 Å². The number of benzene rings is 2. The smallest absolute Gasteiger partial charge is 0.340 e. The van der Waals surface area contributed by atoms with Gasteiger partial charge in [0.15, 0.2) is 15.6 Å². The summed E-state index contributed by atoms with van der Waals surface area (Å²) in [4.78, 5) is 18.7. The first-order valence-electron chi connectivity index (χ1n) is 11.2. The number of carbonyl (C=O) groups excluding carboxylic acids is 1. The van der Waals surface area contributed by atoms with Gasteiger partial charge in [-0.15, -0.1) is 0 Å². The normalized spacial score (nSPS) is 15.9. The number of ketones is 1. The Bertz CT molecular complexity index is 1640. The van der Waals surface area contributed by atoms with E-state index in [9.17, 15) is 21.6 Å². The lowest BCUT2D eigenvalue weighted by molar-refractivity contribution is 0.103. The van der Waals surface area contributed by atoms with Crippen LogP contribution in [0.1, 0.15) is 46.0 Å². The predicted octanol–water partition coefficient (Wildman–Crippen LogP) is 3.70. The van der Waals surface area contributed by atoms with Crippen molar-refractivity contribution in [2.75, 3.05) is 12.9 Å². The van der Waals surface area contributed by atoms with E-state index in [1.54, 1.807) is 20.8 Å². The van der Waals surface area contributed by atoms with Crippen molar-refractivity contribution >= 4 is 43.1 Å². The molecule has 0 saturated carbocycles. The first-order chi connectivity index (χ1) is 17.4. The lowest BCUT2D eigenvalue weighted by Crippen LogP contribution is -2.26. The Morgan fingerprint density at radius 2 is 1.86 bits per heavy atom. The molecule has 4 rings (SSSR count). The van der Waals surface area contributed by atoms with E-state index in [1.807, 2.05) is 0 Å².